The molecule has 0 aliphatic carbocycles. The minimum Gasteiger partial charge on any atom is -0.364 e. The Balaban J connectivity index is 1.75. The van der Waals surface area contributed by atoms with Gasteiger partial charge in [0.25, 0.3) is 5.91 Å². The number of piperidine rings is 1. The van der Waals surface area contributed by atoms with Crippen molar-refractivity contribution in [2.24, 2.45) is 5.73 Å². The van der Waals surface area contributed by atoms with E-state index in [4.69, 9.17) is 5.73 Å². The van der Waals surface area contributed by atoms with Gasteiger partial charge in [0.05, 0.1) is 0 Å². The molecule has 2 heterocycles. The normalized spacial score (nSPS) is 20.0. The molecule has 2 atom stereocenters. The van der Waals surface area contributed by atoms with E-state index in [2.05, 4.69) is 15.1 Å². The average molecular weight is 334 g/mol. The number of amides is 1. The number of nitrogens with one attached hydrogen (secondary N) is 1. The first kappa shape index (κ1) is 16.6. The van der Waals surface area contributed by atoms with Crippen LogP contribution in [0.25, 0.3) is 0 Å². The van der Waals surface area contributed by atoms with Gasteiger partial charge in [0.1, 0.15) is 17.3 Å². The van der Waals surface area contributed by atoms with Gasteiger partial charge < -0.3 is 5.73 Å². The molecule has 1 saturated heterocycles. The van der Waals surface area contributed by atoms with Crippen molar-refractivity contribution < 1.29 is 13.6 Å². The number of carbonyl (C=O) groups excluding carboxylic acids is 1. The Bertz CT molecular complexity index is 746. The summed E-state index contributed by atoms with van der Waals surface area (Å²) in [5, 5.41) is 6.80. The number of likely N-dealkylation sites (tertiary alicyclic amines) is 1. The molecular weight excluding hydrogens is 314 g/mol. The van der Waals surface area contributed by atoms with Crippen LogP contribution in [0.5, 0.6) is 0 Å². The number of benzene rings is 1. The van der Waals surface area contributed by atoms with Gasteiger partial charge >= 0.3 is 0 Å². The average Bonchev–Trinajstić information content (AvgIpc) is 3.05. The standard InChI is InChI=1S/C17H20F2N4O/c1-10(13-5-4-12(18)7-14(13)19)23-6-2-3-11(9-23)15-8-16(17(20)24)22-21-15/h4-5,7-8,10-11H,2-3,6,9H2,1H3,(H2,20,24)(H,21,22)/t10-,11-/m1/s1. The fraction of sp³-hybridized carbons (Fsp3) is 0.412. The zero-order valence-electron chi connectivity index (χ0n) is 13.4. The summed E-state index contributed by atoms with van der Waals surface area (Å²) in [4.78, 5) is 13.3. The monoisotopic (exact) mass is 334 g/mol. The lowest BCUT2D eigenvalue weighted by Gasteiger charge is -2.36. The number of aromatic amines is 1. The highest BCUT2D eigenvalue weighted by Crippen LogP contribution is 2.32. The Labute approximate surface area is 138 Å². The van der Waals surface area contributed by atoms with Gasteiger partial charge in [-0.05, 0) is 38.4 Å². The molecule has 1 aliphatic heterocycles. The van der Waals surface area contributed by atoms with Crippen LogP contribution in [0.2, 0.25) is 0 Å². The van der Waals surface area contributed by atoms with E-state index in [0.29, 0.717) is 12.1 Å². The number of nitrogens with two attached hydrogens (primary N) is 1. The second-order valence-electron chi connectivity index (χ2n) is 6.25. The van der Waals surface area contributed by atoms with Crippen LogP contribution >= 0.6 is 0 Å². The fourth-order valence-electron chi connectivity index (χ4n) is 3.32. The molecular formula is C17H20F2N4O. The fourth-order valence-corrected chi connectivity index (χ4v) is 3.32. The number of hydrogen-bond donors (Lipinski definition) is 2. The highest BCUT2D eigenvalue weighted by Gasteiger charge is 2.28. The number of H-pyrrole nitrogens is 1. The third kappa shape index (κ3) is 3.31. The molecule has 24 heavy (non-hydrogen) atoms. The quantitative estimate of drug-likeness (QED) is 0.903. The van der Waals surface area contributed by atoms with E-state index in [-0.39, 0.29) is 17.7 Å². The van der Waals surface area contributed by atoms with Gasteiger partial charge in [-0.2, -0.15) is 5.10 Å². The molecule has 0 radical (unpaired) electrons. The molecule has 128 valence electrons. The highest BCUT2D eigenvalue weighted by molar-refractivity contribution is 5.90. The Hall–Kier alpha value is -2.28. The van der Waals surface area contributed by atoms with E-state index in [1.807, 2.05) is 6.92 Å². The molecule has 0 unspecified atom stereocenters. The van der Waals surface area contributed by atoms with Gasteiger partial charge in [-0.1, -0.05) is 6.07 Å². The maximum atomic E-state index is 14.0. The highest BCUT2D eigenvalue weighted by atomic mass is 19.1. The van der Waals surface area contributed by atoms with E-state index < -0.39 is 17.5 Å². The second-order valence-corrected chi connectivity index (χ2v) is 6.25. The van der Waals surface area contributed by atoms with Crippen molar-refractivity contribution in [2.75, 3.05) is 13.1 Å². The maximum absolute atomic E-state index is 14.0. The van der Waals surface area contributed by atoms with E-state index in [1.54, 1.807) is 6.07 Å². The number of carbonyl (C=O) groups is 1. The first-order valence-corrected chi connectivity index (χ1v) is 8.00. The number of rotatable bonds is 4. The molecule has 7 heteroatoms. The molecule has 1 fully saturated rings. The number of nitrogens with zero attached hydrogens (tertiary/aromatic N) is 2. The van der Waals surface area contributed by atoms with E-state index in [9.17, 15) is 13.6 Å². The summed E-state index contributed by atoms with van der Waals surface area (Å²) in [7, 11) is 0. The zero-order valence-corrected chi connectivity index (χ0v) is 13.4. The molecule has 3 rings (SSSR count). The van der Waals surface area contributed by atoms with Crippen molar-refractivity contribution in [3.63, 3.8) is 0 Å². The number of aromatic nitrogens is 2. The minimum atomic E-state index is -0.573. The molecule has 0 bridgehead atoms. The lowest BCUT2D eigenvalue weighted by molar-refractivity contribution is 0.0995. The molecule has 0 spiro atoms. The predicted molar refractivity (Wildman–Crippen MR) is 85.4 cm³/mol. The molecule has 3 N–H and O–H groups in total. The van der Waals surface area contributed by atoms with Gasteiger partial charge in [-0.25, -0.2) is 8.78 Å². The van der Waals surface area contributed by atoms with Gasteiger partial charge in [0.15, 0.2) is 0 Å². The number of primary amides is 1. The topological polar surface area (TPSA) is 75.0 Å². The Morgan fingerprint density at radius 3 is 2.88 bits per heavy atom. The van der Waals surface area contributed by atoms with Crippen LogP contribution in [-0.4, -0.2) is 34.1 Å². The zero-order chi connectivity index (χ0) is 17.3. The molecule has 2 aromatic rings. The van der Waals surface area contributed by atoms with Gasteiger partial charge in [0, 0.05) is 35.8 Å². The van der Waals surface area contributed by atoms with Crippen molar-refractivity contribution in [2.45, 2.75) is 31.7 Å². The summed E-state index contributed by atoms with van der Waals surface area (Å²) in [6.45, 7) is 3.46. The smallest absolute Gasteiger partial charge is 0.269 e. The van der Waals surface area contributed by atoms with Crippen LogP contribution < -0.4 is 5.73 Å². The van der Waals surface area contributed by atoms with E-state index >= 15 is 0 Å². The van der Waals surface area contributed by atoms with Crippen LogP contribution in [0.3, 0.4) is 0 Å². The summed E-state index contributed by atoms with van der Waals surface area (Å²) in [6.07, 6.45) is 1.90. The van der Waals surface area contributed by atoms with Gasteiger partial charge in [-0.3, -0.25) is 14.8 Å². The molecule has 5 nitrogen and oxygen atoms in total. The molecule has 1 aromatic heterocycles. The Kier molecular flexibility index (Phi) is 4.62. The van der Waals surface area contributed by atoms with Gasteiger partial charge in [0.2, 0.25) is 0 Å². The van der Waals surface area contributed by atoms with E-state index in [1.165, 1.54) is 12.1 Å². The lowest BCUT2D eigenvalue weighted by atomic mass is 9.92. The summed E-state index contributed by atoms with van der Waals surface area (Å²) in [5.41, 5.74) is 6.80. The van der Waals surface area contributed by atoms with Crippen molar-refractivity contribution >= 4 is 5.91 Å². The number of halogens is 2. The number of hydrogen-bond acceptors (Lipinski definition) is 3. The van der Waals surface area contributed by atoms with Crippen LogP contribution in [0.15, 0.2) is 24.3 Å². The predicted octanol–water partition coefficient (Wildman–Crippen LogP) is 2.73. The second kappa shape index (κ2) is 6.68. The minimum absolute atomic E-state index is 0.160. The van der Waals surface area contributed by atoms with Crippen molar-refractivity contribution in [1.82, 2.24) is 15.1 Å². The van der Waals surface area contributed by atoms with Crippen LogP contribution in [0.4, 0.5) is 8.78 Å². The van der Waals surface area contributed by atoms with Crippen LogP contribution in [0, 0.1) is 11.6 Å². The van der Waals surface area contributed by atoms with Crippen molar-refractivity contribution in [3.05, 3.63) is 52.9 Å². The van der Waals surface area contributed by atoms with Crippen molar-refractivity contribution in [3.8, 4) is 0 Å². The largest absolute Gasteiger partial charge is 0.364 e. The summed E-state index contributed by atoms with van der Waals surface area (Å²) in [5.74, 6) is -1.49. The van der Waals surface area contributed by atoms with Gasteiger partial charge in [-0.15, -0.1) is 0 Å². The molecule has 1 amide bonds. The summed E-state index contributed by atoms with van der Waals surface area (Å²) in [6, 6.07) is 5.22. The molecule has 1 aliphatic rings. The first-order valence-electron chi connectivity index (χ1n) is 8.00. The third-order valence-electron chi connectivity index (χ3n) is 4.70. The van der Waals surface area contributed by atoms with E-state index in [0.717, 1.165) is 31.1 Å². The SMILES string of the molecule is C[C@H](c1ccc(F)cc1F)N1CCC[C@@H](c2cc(C(N)=O)n[nH]2)C1. The molecule has 1 aromatic carbocycles. The third-order valence-corrected chi connectivity index (χ3v) is 4.70. The summed E-state index contributed by atoms with van der Waals surface area (Å²) < 4.78 is 27.1. The lowest BCUT2D eigenvalue weighted by Crippen LogP contribution is -2.36. The molecule has 0 saturated carbocycles. The first-order chi connectivity index (χ1) is 11.5. The Morgan fingerprint density at radius 1 is 1.42 bits per heavy atom. The summed E-state index contributed by atoms with van der Waals surface area (Å²) >= 11 is 0. The Morgan fingerprint density at radius 2 is 2.21 bits per heavy atom. The van der Waals surface area contributed by atoms with Crippen LogP contribution in [0.1, 0.15) is 53.5 Å². The van der Waals surface area contributed by atoms with Crippen LogP contribution in [-0.2, 0) is 0 Å². The maximum Gasteiger partial charge on any atom is 0.269 e. The van der Waals surface area contributed by atoms with Crippen molar-refractivity contribution in [1.29, 1.82) is 0 Å².